The fraction of sp³-hybridized carbons (Fsp3) is 0.312. The molecule has 0 bridgehead atoms. The highest BCUT2D eigenvalue weighted by Crippen LogP contribution is 2.25. The Morgan fingerprint density at radius 2 is 1.95 bits per heavy atom. The smallest absolute Gasteiger partial charge is 0.220 e. The van der Waals surface area contributed by atoms with Crippen LogP contribution in [0.1, 0.15) is 30.0 Å². The maximum absolute atomic E-state index is 12.1. The van der Waals surface area contributed by atoms with Gasteiger partial charge in [-0.25, -0.2) is 0 Å². The van der Waals surface area contributed by atoms with Gasteiger partial charge >= 0.3 is 0 Å². The monoisotopic (exact) mass is 358 g/mol. The van der Waals surface area contributed by atoms with E-state index in [9.17, 15) is 4.79 Å². The first-order valence-corrected chi connectivity index (χ1v) is 8.24. The molecule has 22 heavy (non-hydrogen) atoms. The molecule has 2 aromatic rings. The van der Waals surface area contributed by atoms with E-state index in [0.717, 1.165) is 24.1 Å². The Morgan fingerprint density at radius 3 is 2.55 bits per heavy atom. The summed E-state index contributed by atoms with van der Waals surface area (Å²) in [6, 6.07) is 9.54. The summed E-state index contributed by atoms with van der Waals surface area (Å²) in [5.41, 5.74) is 2.14. The lowest BCUT2D eigenvalue weighted by Crippen LogP contribution is -2.29. The number of halogens is 2. The normalized spacial score (nSPS) is 11.5. The topological polar surface area (TPSA) is 41.1 Å². The first-order chi connectivity index (χ1) is 10.2. The van der Waals surface area contributed by atoms with Crippen LogP contribution in [0.5, 0.6) is 0 Å². The molecule has 2 N–H and O–H groups in total. The van der Waals surface area contributed by atoms with Crippen molar-refractivity contribution in [2.45, 2.75) is 18.9 Å². The Balaban J connectivity index is 0.00000242. The number of hydrogen-bond acceptors (Lipinski definition) is 3. The van der Waals surface area contributed by atoms with E-state index in [0.29, 0.717) is 11.4 Å². The molecule has 0 spiro atoms. The first kappa shape index (κ1) is 19.0. The molecule has 1 aromatic heterocycles. The van der Waals surface area contributed by atoms with Gasteiger partial charge < -0.3 is 10.6 Å². The van der Waals surface area contributed by atoms with Crippen molar-refractivity contribution in [2.75, 3.05) is 13.6 Å². The fourth-order valence-corrected chi connectivity index (χ4v) is 2.92. The lowest BCUT2D eigenvalue weighted by Gasteiger charge is -2.18. The molecule has 0 aliphatic rings. The second-order valence-corrected chi connectivity index (χ2v) is 6.03. The highest BCUT2D eigenvalue weighted by molar-refractivity contribution is 7.08. The SMILES string of the molecule is CNCCCC(=O)NC(c1ccc(Cl)cc1)c1ccsc1.Cl. The predicted molar refractivity (Wildman–Crippen MR) is 96.2 cm³/mol. The van der Waals surface area contributed by atoms with Gasteiger partial charge in [0, 0.05) is 11.4 Å². The number of benzene rings is 1. The lowest BCUT2D eigenvalue weighted by molar-refractivity contribution is -0.121. The second-order valence-electron chi connectivity index (χ2n) is 4.82. The molecule has 0 aliphatic carbocycles. The third-order valence-corrected chi connectivity index (χ3v) is 4.17. The Bertz CT molecular complexity index is 558. The van der Waals surface area contributed by atoms with E-state index in [2.05, 4.69) is 16.0 Å². The van der Waals surface area contributed by atoms with E-state index in [4.69, 9.17) is 11.6 Å². The summed E-state index contributed by atoms with van der Waals surface area (Å²) in [7, 11) is 1.89. The van der Waals surface area contributed by atoms with Gasteiger partial charge in [-0.2, -0.15) is 11.3 Å². The molecule has 1 heterocycles. The van der Waals surface area contributed by atoms with Crippen LogP contribution >= 0.6 is 35.3 Å². The highest BCUT2D eigenvalue weighted by atomic mass is 35.5. The van der Waals surface area contributed by atoms with Gasteiger partial charge in [0.05, 0.1) is 6.04 Å². The number of carbonyl (C=O) groups excluding carboxylic acids is 1. The molecule has 120 valence electrons. The molecular formula is C16H20Cl2N2OS. The van der Waals surface area contributed by atoms with Crippen LogP contribution in [0, 0.1) is 0 Å². The zero-order chi connectivity index (χ0) is 15.1. The lowest BCUT2D eigenvalue weighted by atomic mass is 10.0. The zero-order valence-electron chi connectivity index (χ0n) is 12.3. The summed E-state index contributed by atoms with van der Waals surface area (Å²) in [5, 5.41) is 10.9. The Hall–Kier alpha value is -1.07. The maximum Gasteiger partial charge on any atom is 0.220 e. The molecule has 0 saturated heterocycles. The Kier molecular flexibility index (Phi) is 8.49. The Labute approximate surface area is 146 Å². The zero-order valence-corrected chi connectivity index (χ0v) is 14.7. The van der Waals surface area contributed by atoms with Crippen molar-refractivity contribution in [3.63, 3.8) is 0 Å². The molecule has 3 nitrogen and oxygen atoms in total. The largest absolute Gasteiger partial charge is 0.345 e. The van der Waals surface area contributed by atoms with Crippen molar-refractivity contribution in [1.29, 1.82) is 0 Å². The maximum atomic E-state index is 12.1. The van der Waals surface area contributed by atoms with Crippen molar-refractivity contribution in [2.24, 2.45) is 0 Å². The third-order valence-electron chi connectivity index (χ3n) is 3.22. The predicted octanol–water partition coefficient (Wildman–Crippen LogP) is 4.03. The van der Waals surface area contributed by atoms with Crippen LogP contribution in [0.15, 0.2) is 41.1 Å². The molecule has 0 saturated carbocycles. The van der Waals surface area contributed by atoms with E-state index in [1.165, 1.54) is 0 Å². The van der Waals surface area contributed by atoms with Gasteiger partial charge in [0.1, 0.15) is 0 Å². The number of hydrogen-bond donors (Lipinski definition) is 2. The van der Waals surface area contributed by atoms with Gasteiger partial charge in [0.2, 0.25) is 5.91 Å². The van der Waals surface area contributed by atoms with Gasteiger partial charge in [-0.05, 0) is 60.1 Å². The van der Waals surface area contributed by atoms with Crippen LogP contribution in [0.2, 0.25) is 5.02 Å². The number of rotatable bonds is 7. The van der Waals surface area contributed by atoms with Crippen LogP contribution in [-0.2, 0) is 4.79 Å². The molecule has 1 atom stereocenters. The van der Waals surface area contributed by atoms with Gasteiger partial charge in [-0.1, -0.05) is 23.7 Å². The van der Waals surface area contributed by atoms with E-state index in [1.807, 2.05) is 42.8 Å². The third kappa shape index (κ3) is 5.61. The van der Waals surface area contributed by atoms with Crippen LogP contribution < -0.4 is 10.6 Å². The van der Waals surface area contributed by atoms with Crippen LogP contribution in [0.3, 0.4) is 0 Å². The van der Waals surface area contributed by atoms with E-state index in [-0.39, 0.29) is 24.4 Å². The minimum Gasteiger partial charge on any atom is -0.345 e. The first-order valence-electron chi connectivity index (χ1n) is 6.92. The number of amides is 1. The van der Waals surface area contributed by atoms with Crippen molar-refractivity contribution >= 4 is 41.3 Å². The summed E-state index contributed by atoms with van der Waals surface area (Å²) < 4.78 is 0. The summed E-state index contributed by atoms with van der Waals surface area (Å²) in [6.45, 7) is 0.845. The molecule has 1 aromatic carbocycles. The van der Waals surface area contributed by atoms with Gasteiger partial charge in [-0.15, -0.1) is 12.4 Å². The van der Waals surface area contributed by atoms with Gasteiger partial charge in [-0.3, -0.25) is 4.79 Å². The average molecular weight is 359 g/mol. The second kappa shape index (κ2) is 9.85. The summed E-state index contributed by atoms with van der Waals surface area (Å²) in [4.78, 5) is 12.1. The van der Waals surface area contributed by atoms with Crippen molar-refractivity contribution in [1.82, 2.24) is 10.6 Å². The number of carbonyl (C=O) groups is 1. The molecule has 0 fully saturated rings. The van der Waals surface area contributed by atoms with Gasteiger partial charge in [0.15, 0.2) is 0 Å². The quantitative estimate of drug-likeness (QED) is 0.733. The van der Waals surface area contributed by atoms with Crippen molar-refractivity contribution in [3.05, 3.63) is 57.2 Å². The summed E-state index contributed by atoms with van der Waals surface area (Å²) in [5.74, 6) is 0.0661. The highest BCUT2D eigenvalue weighted by Gasteiger charge is 2.17. The molecule has 1 amide bonds. The number of nitrogens with one attached hydrogen (secondary N) is 2. The average Bonchev–Trinajstić information content (AvgIpc) is 3.00. The minimum atomic E-state index is -0.115. The molecule has 0 radical (unpaired) electrons. The molecule has 2 rings (SSSR count). The van der Waals surface area contributed by atoms with Gasteiger partial charge in [0.25, 0.3) is 0 Å². The Morgan fingerprint density at radius 1 is 1.23 bits per heavy atom. The van der Waals surface area contributed by atoms with E-state index >= 15 is 0 Å². The molecular weight excluding hydrogens is 339 g/mol. The van der Waals surface area contributed by atoms with Crippen molar-refractivity contribution < 1.29 is 4.79 Å². The van der Waals surface area contributed by atoms with Crippen LogP contribution in [0.25, 0.3) is 0 Å². The van der Waals surface area contributed by atoms with Crippen molar-refractivity contribution in [3.8, 4) is 0 Å². The minimum absolute atomic E-state index is 0. The van der Waals surface area contributed by atoms with E-state index < -0.39 is 0 Å². The fourth-order valence-electron chi connectivity index (χ4n) is 2.11. The summed E-state index contributed by atoms with van der Waals surface area (Å²) >= 11 is 7.57. The molecule has 6 heteroatoms. The van der Waals surface area contributed by atoms with E-state index in [1.54, 1.807) is 11.3 Å². The van der Waals surface area contributed by atoms with Crippen LogP contribution in [-0.4, -0.2) is 19.5 Å². The standard InChI is InChI=1S/C16H19ClN2OS.ClH/c1-18-9-2-3-15(20)19-16(13-8-10-21-11-13)12-4-6-14(17)7-5-12;/h4-8,10-11,16,18H,2-3,9H2,1H3,(H,19,20);1H. The van der Waals surface area contributed by atoms with Crippen LogP contribution in [0.4, 0.5) is 0 Å². The summed E-state index contributed by atoms with van der Waals surface area (Å²) in [6.07, 6.45) is 1.36. The molecule has 1 unspecified atom stereocenters. The number of thiophene rings is 1. The molecule has 0 aliphatic heterocycles.